The van der Waals surface area contributed by atoms with Crippen LogP contribution in [0.2, 0.25) is 0 Å². The Morgan fingerprint density at radius 2 is 2.10 bits per heavy atom. The third-order valence-electron chi connectivity index (χ3n) is 2.61. The van der Waals surface area contributed by atoms with Crippen LogP contribution >= 0.6 is 0 Å². The van der Waals surface area contributed by atoms with Gasteiger partial charge in [0.15, 0.2) is 23.9 Å². The quantitative estimate of drug-likeness (QED) is 0.835. The van der Waals surface area contributed by atoms with Crippen LogP contribution in [0.5, 0.6) is 11.5 Å². The normalized spacial score (nSPS) is 10.6. The van der Waals surface area contributed by atoms with E-state index >= 15 is 0 Å². The molecule has 1 N–H and O–H groups in total. The van der Waals surface area contributed by atoms with E-state index in [1.165, 1.54) is 0 Å². The Kier molecular flexibility index (Phi) is 4.95. The summed E-state index contributed by atoms with van der Waals surface area (Å²) in [4.78, 5) is 4.09. The van der Waals surface area contributed by atoms with Gasteiger partial charge in [-0.3, -0.25) is 0 Å². The number of rotatable bonds is 7. The van der Waals surface area contributed by atoms with E-state index in [-0.39, 0.29) is 6.61 Å². The smallest absolute Gasteiger partial charge is 0.264 e. The summed E-state index contributed by atoms with van der Waals surface area (Å²) in [6.07, 6.45) is 0. The van der Waals surface area contributed by atoms with Gasteiger partial charge in [0.1, 0.15) is 0 Å². The predicted octanol–water partition coefficient (Wildman–Crippen LogP) is 2.08. The van der Waals surface area contributed by atoms with Gasteiger partial charge in [0.05, 0.1) is 6.61 Å². The van der Waals surface area contributed by atoms with Crippen molar-refractivity contribution < 1.29 is 14.0 Å². The van der Waals surface area contributed by atoms with Gasteiger partial charge in [-0.05, 0) is 38.6 Å². The second-order valence-corrected chi connectivity index (χ2v) is 4.27. The Morgan fingerprint density at radius 3 is 2.75 bits per heavy atom. The van der Waals surface area contributed by atoms with Crippen LogP contribution in [0.4, 0.5) is 0 Å². The van der Waals surface area contributed by atoms with Gasteiger partial charge in [-0.15, -0.1) is 0 Å². The second-order valence-electron chi connectivity index (χ2n) is 4.27. The number of ether oxygens (including phenoxy) is 2. The minimum atomic E-state index is 0.228. The molecule has 108 valence electrons. The van der Waals surface area contributed by atoms with Gasteiger partial charge in [-0.2, -0.15) is 4.98 Å². The number of hydrogen-bond acceptors (Lipinski definition) is 6. The number of aryl methyl sites for hydroxylation is 1. The molecular weight excluding hydrogens is 258 g/mol. The minimum Gasteiger partial charge on any atom is -0.490 e. The van der Waals surface area contributed by atoms with Crippen molar-refractivity contribution in [3.63, 3.8) is 0 Å². The molecule has 0 aliphatic heterocycles. The van der Waals surface area contributed by atoms with Gasteiger partial charge in [0, 0.05) is 6.54 Å². The van der Waals surface area contributed by atoms with E-state index in [0.717, 1.165) is 17.9 Å². The maximum atomic E-state index is 5.68. The number of nitrogens with zero attached hydrogens (tertiary/aromatic N) is 2. The molecule has 0 aliphatic rings. The zero-order chi connectivity index (χ0) is 14.4. The van der Waals surface area contributed by atoms with Crippen molar-refractivity contribution in [2.24, 2.45) is 0 Å². The third kappa shape index (κ3) is 3.71. The van der Waals surface area contributed by atoms with Crippen LogP contribution in [0.15, 0.2) is 22.7 Å². The second kappa shape index (κ2) is 6.91. The molecule has 0 radical (unpaired) electrons. The van der Waals surface area contributed by atoms with E-state index < -0.39 is 0 Å². The van der Waals surface area contributed by atoms with Crippen LogP contribution in [-0.2, 0) is 13.2 Å². The number of benzene rings is 1. The van der Waals surface area contributed by atoms with E-state index in [1.54, 1.807) is 6.92 Å². The summed E-state index contributed by atoms with van der Waals surface area (Å²) < 4.78 is 16.3. The Hall–Kier alpha value is -2.08. The molecule has 1 aromatic heterocycles. The summed E-state index contributed by atoms with van der Waals surface area (Å²) in [5.41, 5.74) is 1.14. The predicted molar refractivity (Wildman–Crippen MR) is 73.7 cm³/mol. The van der Waals surface area contributed by atoms with Crippen molar-refractivity contribution in [1.82, 2.24) is 15.5 Å². The fourth-order valence-corrected chi connectivity index (χ4v) is 1.79. The van der Waals surface area contributed by atoms with Crippen LogP contribution in [-0.4, -0.2) is 23.8 Å². The first kappa shape index (κ1) is 14.3. The molecule has 0 amide bonds. The van der Waals surface area contributed by atoms with Crippen LogP contribution in [0, 0.1) is 6.92 Å². The molecule has 0 atom stereocenters. The maximum absolute atomic E-state index is 5.68. The van der Waals surface area contributed by atoms with Crippen LogP contribution in [0.3, 0.4) is 0 Å². The highest BCUT2D eigenvalue weighted by molar-refractivity contribution is 5.43. The first-order valence-corrected chi connectivity index (χ1v) is 6.55. The van der Waals surface area contributed by atoms with E-state index in [2.05, 4.69) is 15.5 Å². The SMILES string of the molecule is CCOc1cc(CNC)ccc1OCc1nc(C)no1. The molecule has 2 rings (SSSR count). The van der Waals surface area contributed by atoms with Gasteiger partial charge in [-0.25, -0.2) is 0 Å². The molecule has 0 unspecified atom stereocenters. The van der Waals surface area contributed by atoms with Gasteiger partial charge in [0.25, 0.3) is 5.89 Å². The van der Waals surface area contributed by atoms with Gasteiger partial charge in [0.2, 0.25) is 0 Å². The van der Waals surface area contributed by atoms with Gasteiger partial charge < -0.3 is 19.3 Å². The van der Waals surface area contributed by atoms with Crippen molar-refractivity contribution >= 4 is 0 Å². The van der Waals surface area contributed by atoms with Crippen molar-refractivity contribution in [2.75, 3.05) is 13.7 Å². The monoisotopic (exact) mass is 277 g/mol. The van der Waals surface area contributed by atoms with Crippen LogP contribution in [0.25, 0.3) is 0 Å². The van der Waals surface area contributed by atoms with Crippen molar-refractivity contribution in [3.05, 3.63) is 35.5 Å². The lowest BCUT2D eigenvalue weighted by Gasteiger charge is -2.12. The van der Waals surface area contributed by atoms with E-state index in [9.17, 15) is 0 Å². The van der Waals surface area contributed by atoms with Crippen molar-refractivity contribution in [1.29, 1.82) is 0 Å². The molecule has 0 spiro atoms. The summed E-state index contributed by atoms with van der Waals surface area (Å²) in [6.45, 7) is 5.30. The molecule has 6 heteroatoms. The Bertz CT molecular complexity index is 554. The average molecular weight is 277 g/mol. The highest BCUT2D eigenvalue weighted by Gasteiger charge is 2.09. The molecule has 1 aromatic carbocycles. The van der Waals surface area contributed by atoms with E-state index in [4.69, 9.17) is 14.0 Å². The third-order valence-corrected chi connectivity index (χ3v) is 2.61. The lowest BCUT2D eigenvalue weighted by atomic mass is 10.2. The topological polar surface area (TPSA) is 69.4 Å². The molecule has 1 heterocycles. The maximum Gasteiger partial charge on any atom is 0.264 e. The number of nitrogens with one attached hydrogen (secondary N) is 1. The lowest BCUT2D eigenvalue weighted by Crippen LogP contribution is -2.06. The highest BCUT2D eigenvalue weighted by Crippen LogP contribution is 2.29. The molecule has 20 heavy (non-hydrogen) atoms. The largest absolute Gasteiger partial charge is 0.490 e. The molecule has 0 bridgehead atoms. The number of hydrogen-bond donors (Lipinski definition) is 1. The summed E-state index contributed by atoms with van der Waals surface area (Å²) in [5, 5.41) is 6.82. The van der Waals surface area contributed by atoms with E-state index in [0.29, 0.717) is 24.1 Å². The highest BCUT2D eigenvalue weighted by atomic mass is 16.5. The zero-order valence-electron chi connectivity index (χ0n) is 12.0. The van der Waals surface area contributed by atoms with Crippen molar-refractivity contribution in [2.45, 2.75) is 27.0 Å². The summed E-state index contributed by atoms with van der Waals surface area (Å²) in [6, 6.07) is 5.85. The molecule has 0 aliphatic carbocycles. The molecule has 0 saturated heterocycles. The Balaban J connectivity index is 2.09. The average Bonchev–Trinajstić information content (AvgIpc) is 2.84. The fourth-order valence-electron chi connectivity index (χ4n) is 1.79. The molecule has 0 saturated carbocycles. The fraction of sp³-hybridized carbons (Fsp3) is 0.429. The summed E-state index contributed by atoms with van der Waals surface area (Å²) >= 11 is 0. The number of aromatic nitrogens is 2. The Labute approximate surface area is 118 Å². The van der Waals surface area contributed by atoms with Crippen LogP contribution < -0.4 is 14.8 Å². The standard InChI is InChI=1S/C14H19N3O3/c1-4-18-13-7-11(8-15-3)5-6-12(13)19-9-14-16-10(2)17-20-14/h5-7,15H,4,8-9H2,1-3H3. The molecule has 0 fully saturated rings. The summed E-state index contributed by atoms with van der Waals surface area (Å²) in [5.74, 6) is 2.43. The first-order chi connectivity index (χ1) is 9.72. The van der Waals surface area contributed by atoms with Gasteiger partial charge >= 0.3 is 0 Å². The lowest BCUT2D eigenvalue weighted by molar-refractivity contribution is 0.228. The van der Waals surface area contributed by atoms with E-state index in [1.807, 2.05) is 32.2 Å². The molecular formula is C14H19N3O3. The van der Waals surface area contributed by atoms with Crippen molar-refractivity contribution in [3.8, 4) is 11.5 Å². The minimum absolute atomic E-state index is 0.228. The molecule has 2 aromatic rings. The Morgan fingerprint density at radius 1 is 1.25 bits per heavy atom. The summed E-state index contributed by atoms with van der Waals surface area (Å²) in [7, 11) is 1.91. The van der Waals surface area contributed by atoms with Crippen LogP contribution in [0.1, 0.15) is 24.2 Å². The van der Waals surface area contributed by atoms with Gasteiger partial charge in [-0.1, -0.05) is 11.2 Å². The zero-order valence-corrected chi connectivity index (χ0v) is 12.0. The first-order valence-electron chi connectivity index (χ1n) is 6.55. The molecule has 6 nitrogen and oxygen atoms in total.